The Morgan fingerprint density at radius 1 is 0.533 bits per heavy atom. The molecular weight excluding hydrogens is 648 g/mol. The van der Waals surface area contributed by atoms with Gasteiger partial charge in [-0.15, -0.1) is 33.7 Å². The normalized spacial score (nSPS) is 9.29. The second kappa shape index (κ2) is 18.4. The quantitative estimate of drug-likeness (QED) is 0.182. The minimum absolute atomic E-state index is 0. The molecule has 9 heteroatoms. The van der Waals surface area contributed by atoms with Crippen molar-refractivity contribution >= 4 is 21.5 Å². The van der Waals surface area contributed by atoms with Crippen molar-refractivity contribution in [3.63, 3.8) is 0 Å². The average molecular weight is 680 g/mol. The largest absolute Gasteiger partial charge is 2.00 e. The van der Waals surface area contributed by atoms with Gasteiger partial charge in [0.2, 0.25) is 0 Å². The fourth-order valence-electron chi connectivity index (χ4n) is 4.06. The number of aromatic hydroxyl groups is 2. The molecule has 6 rings (SSSR count). The van der Waals surface area contributed by atoms with Crippen LogP contribution >= 0.6 is 0 Å². The van der Waals surface area contributed by atoms with Crippen molar-refractivity contribution < 1.29 is 55.4 Å². The number of fused-ring (bicyclic) bond motifs is 2. The van der Waals surface area contributed by atoms with E-state index < -0.39 is 0 Å². The molecule has 0 aromatic heterocycles. The summed E-state index contributed by atoms with van der Waals surface area (Å²) in [6, 6.07) is 36.4. The van der Waals surface area contributed by atoms with Crippen LogP contribution < -0.4 is 18.9 Å². The first-order chi connectivity index (χ1) is 21.3. The van der Waals surface area contributed by atoms with Crippen molar-refractivity contribution in [2.45, 2.75) is 0 Å². The molecule has 0 unspecified atom stereocenters. The van der Waals surface area contributed by atoms with Gasteiger partial charge in [0.1, 0.15) is 34.5 Å². The zero-order chi connectivity index (χ0) is 31.9. The van der Waals surface area contributed by atoms with Crippen LogP contribution in [0, 0.1) is 22.7 Å². The first-order valence-electron chi connectivity index (χ1n) is 13.3. The van der Waals surface area contributed by atoms with E-state index in [4.69, 9.17) is 39.7 Å². The van der Waals surface area contributed by atoms with Crippen molar-refractivity contribution in [1.82, 2.24) is 0 Å². The summed E-state index contributed by atoms with van der Waals surface area (Å²) in [5, 5.41) is 38.9. The molecule has 0 saturated heterocycles. The van der Waals surface area contributed by atoms with E-state index >= 15 is 0 Å². The van der Waals surface area contributed by atoms with E-state index in [0.717, 1.165) is 23.0 Å². The van der Waals surface area contributed by atoms with Gasteiger partial charge in [0.05, 0.1) is 51.7 Å². The minimum atomic E-state index is 0. The van der Waals surface area contributed by atoms with Crippen LogP contribution in [-0.2, 0) is 26.2 Å². The van der Waals surface area contributed by atoms with Crippen LogP contribution in [0.1, 0.15) is 11.1 Å². The van der Waals surface area contributed by atoms with Gasteiger partial charge in [0, 0.05) is 0 Å². The van der Waals surface area contributed by atoms with Gasteiger partial charge >= 0.3 is 26.2 Å². The predicted molar refractivity (Wildman–Crippen MR) is 171 cm³/mol. The maximum absolute atomic E-state index is 8.79. The molecule has 0 heterocycles. The molecule has 8 nitrogen and oxygen atoms in total. The molecule has 0 bridgehead atoms. The third-order valence-corrected chi connectivity index (χ3v) is 6.23. The van der Waals surface area contributed by atoms with Crippen molar-refractivity contribution in [3.05, 3.63) is 120 Å². The molecule has 0 amide bonds. The van der Waals surface area contributed by atoms with Crippen LogP contribution in [0.15, 0.2) is 109 Å². The van der Waals surface area contributed by atoms with Gasteiger partial charge < -0.3 is 29.2 Å². The minimum Gasteiger partial charge on any atom is -0.508 e. The molecule has 45 heavy (non-hydrogen) atoms. The third-order valence-electron chi connectivity index (χ3n) is 6.23. The number of ether oxygens (including phenoxy) is 4. The van der Waals surface area contributed by atoms with E-state index in [1.54, 1.807) is 52.7 Å². The van der Waals surface area contributed by atoms with Gasteiger partial charge in [-0.2, -0.15) is 34.8 Å². The molecular formula is C36H32N2O6Zr. The molecule has 6 aromatic carbocycles. The number of phenols is 2. The van der Waals surface area contributed by atoms with E-state index in [1.807, 2.05) is 48.5 Å². The van der Waals surface area contributed by atoms with Crippen LogP contribution in [0.25, 0.3) is 21.5 Å². The van der Waals surface area contributed by atoms with Crippen LogP contribution in [0.3, 0.4) is 0 Å². The number of nitrogens with zero attached hydrogens (tertiary/aromatic N) is 2. The van der Waals surface area contributed by atoms with Crippen LogP contribution in [0.4, 0.5) is 0 Å². The zero-order valence-corrected chi connectivity index (χ0v) is 27.8. The van der Waals surface area contributed by atoms with Gasteiger partial charge in [0.25, 0.3) is 0 Å². The fraction of sp³-hybridized carbons (Fsp3) is 0.111. The monoisotopic (exact) mass is 678 g/mol. The van der Waals surface area contributed by atoms with Crippen LogP contribution in [0.2, 0.25) is 0 Å². The van der Waals surface area contributed by atoms with Gasteiger partial charge in [-0.25, -0.2) is 0 Å². The number of methoxy groups -OCH3 is 4. The van der Waals surface area contributed by atoms with E-state index in [1.165, 1.54) is 45.8 Å². The summed E-state index contributed by atoms with van der Waals surface area (Å²) in [4.78, 5) is 0. The van der Waals surface area contributed by atoms with Crippen molar-refractivity contribution in [3.8, 4) is 46.6 Å². The number of rotatable bonds is 4. The summed E-state index contributed by atoms with van der Waals surface area (Å²) in [5.41, 5.74) is 0.963. The molecule has 6 aromatic rings. The Balaban J connectivity index is 0.000000211. The van der Waals surface area contributed by atoms with Gasteiger partial charge in [0.15, 0.2) is 0 Å². The first-order valence-corrected chi connectivity index (χ1v) is 13.3. The Labute approximate surface area is 281 Å². The molecule has 0 aliphatic carbocycles. The molecule has 0 spiro atoms. The van der Waals surface area contributed by atoms with E-state index in [0.29, 0.717) is 11.1 Å². The Morgan fingerprint density at radius 2 is 0.889 bits per heavy atom. The molecule has 0 aliphatic rings. The Kier molecular flexibility index (Phi) is 14.7. The summed E-state index contributed by atoms with van der Waals surface area (Å²) >= 11 is 0. The molecule has 0 radical (unpaired) electrons. The molecule has 0 atom stereocenters. The molecule has 0 aliphatic heterocycles. The van der Waals surface area contributed by atoms with E-state index in [9.17, 15) is 0 Å². The third kappa shape index (κ3) is 10.5. The number of hydrogen-bond donors (Lipinski definition) is 2. The Bertz CT molecular complexity index is 1670. The summed E-state index contributed by atoms with van der Waals surface area (Å²) in [5.74, 6) is 3.38. The van der Waals surface area contributed by atoms with Crippen molar-refractivity contribution in [2.24, 2.45) is 0 Å². The van der Waals surface area contributed by atoms with Crippen molar-refractivity contribution in [1.29, 1.82) is 10.5 Å². The topological polar surface area (TPSA) is 125 Å². The standard InChI is InChI=1S/2C11H11O2.2C7H5NO.Zr/c2*1-12-10-6-8-4-3-5-9(8)7-11(10)13-2;2*8-5-6-2-1-3-7(9)4-6;/h2*3-7H,1-2H3;2*1-4,9H;/q2*-1;;;+2. The number of hydrogen-bond acceptors (Lipinski definition) is 8. The average Bonchev–Trinajstić information content (AvgIpc) is 3.72. The maximum atomic E-state index is 8.79. The SMILES string of the molecule is COc1cc2cc[cH-]c2cc1OC.COc1cc2cc[cH-]c2cc1OC.N#Cc1cccc(O)c1.N#Cc1cccc(O)c1.[Zr+2]. The second-order valence-electron chi connectivity index (χ2n) is 9.05. The van der Waals surface area contributed by atoms with Crippen LogP contribution in [0.5, 0.6) is 34.5 Å². The predicted octanol–water partition coefficient (Wildman–Crippen LogP) is 7.68. The van der Waals surface area contributed by atoms with Gasteiger partial charge in [-0.3, -0.25) is 0 Å². The summed E-state index contributed by atoms with van der Waals surface area (Å²) in [6.07, 6.45) is 0. The second-order valence-corrected chi connectivity index (χ2v) is 9.05. The van der Waals surface area contributed by atoms with Gasteiger partial charge in [-0.05, 0) is 36.4 Å². The first kappa shape index (κ1) is 36.0. The smallest absolute Gasteiger partial charge is 0.508 e. The van der Waals surface area contributed by atoms with Crippen LogP contribution in [-0.4, -0.2) is 38.7 Å². The summed E-state index contributed by atoms with van der Waals surface area (Å²) in [6.45, 7) is 0. The maximum Gasteiger partial charge on any atom is 2.00 e. The van der Waals surface area contributed by atoms with Crippen molar-refractivity contribution in [2.75, 3.05) is 28.4 Å². The molecule has 0 fully saturated rings. The number of phenolic OH excluding ortho intramolecular Hbond substituents is 2. The Hall–Kier alpha value is -5.24. The summed E-state index contributed by atoms with van der Waals surface area (Å²) in [7, 11) is 6.58. The molecule has 2 N–H and O–H groups in total. The molecule has 226 valence electrons. The van der Waals surface area contributed by atoms with E-state index in [2.05, 4.69) is 24.3 Å². The number of nitriles is 2. The van der Waals surface area contributed by atoms with Gasteiger partial charge in [-0.1, -0.05) is 36.4 Å². The molecule has 0 saturated carbocycles. The number of benzene rings is 4. The van der Waals surface area contributed by atoms with E-state index in [-0.39, 0.29) is 37.7 Å². The fourth-order valence-corrected chi connectivity index (χ4v) is 4.06. The summed E-state index contributed by atoms with van der Waals surface area (Å²) < 4.78 is 20.8. The Morgan fingerprint density at radius 3 is 1.18 bits per heavy atom. The zero-order valence-electron chi connectivity index (χ0n) is 25.3.